The summed E-state index contributed by atoms with van der Waals surface area (Å²) in [6.45, 7) is 2.83. The fourth-order valence-electron chi connectivity index (χ4n) is 2.10. The first-order valence-electron chi connectivity index (χ1n) is 6.09. The number of methoxy groups -OCH3 is 1. The fraction of sp³-hybridized carbons (Fsp3) is 0.357. The summed E-state index contributed by atoms with van der Waals surface area (Å²) in [4.78, 5) is 4.61. The summed E-state index contributed by atoms with van der Waals surface area (Å²) < 4.78 is 8.38. The number of nitrogens with one attached hydrogen (secondary N) is 1. The van der Waals surface area contributed by atoms with Gasteiger partial charge in [-0.25, -0.2) is 4.98 Å². The van der Waals surface area contributed by atoms with Gasteiger partial charge >= 0.3 is 0 Å². The van der Waals surface area contributed by atoms with Crippen LogP contribution in [-0.2, 0) is 13.6 Å². The first-order chi connectivity index (χ1) is 9.08. The second kappa shape index (κ2) is 5.75. The number of benzene rings is 1. The maximum Gasteiger partial charge on any atom is 0.145 e. The van der Waals surface area contributed by atoms with Crippen LogP contribution in [0.3, 0.4) is 0 Å². The Morgan fingerprint density at radius 2 is 2.16 bits per heavy atom. The molecular formula is C14H18BrN3O. The van der Waals surface area contributed by atoms with Gasteiger partial charge in [0, 0.05) is 13.6 Å². The zero-order chi connectivity index (χ0) is 14.0. The highest BCUT2D eigenvalue weighted by Crippen LogP contribution is 2.32. The summed E-state index contributed by atoms with van der Waals surface area (Å²) in [7, 11) is 5.62. The Kier molecular flexibility index (Phi) is 4.27. The van der Waals surface area contributed by atoms with Gasteiger partial charge in [0.25, 0.3) is 0 Å². The van der Waals surface area contributed by atoms with Crippen LogP contribution in [0.4, 0.5) is 0 Å². The van der Waals surface area contributed by atoms with Crippen molar-refractivity contribution in [2.75, 3.05) is 14.2 Å². The van der Waals surface area contributed by atoms with E-state index in [1.807, 2.05) is 26.2 Å². The molecule has 0 saturated carbocycles. The van der Waals surface area contributed by atoms with Gasteiger partial charge in [0.05, 0.1) is 18.4 Å². The van der Waals surface area contributed by atoms with Crippen LogP contribution in [0.15, 0.2) is 22.8 Å². The van der Waals surface area contributed by atoms with Crippen LogP contribution in [0.5, 0.6) is 5.75 Å². The lowest BCUT2D eigenvalue weighted by Crippen LogP contribution is -2.10. The van der Waals surface area contributed by atoms with Crippen LogP contribution in [0.2, 0.25) is 0 Å². The predicted octanol–water partition coefficient (Wildman–Crippen LogP) is 2.89. The Labute approximate surface area is 121 Å². The third-order valence-corrected chi connectivity index (χ3v) is 3.74. The smallest absolute Gasteiger partial charge is 0.145 e. The Hall–Kier alpha value is -1.33. The van der Waals surface area contributed by atoms with E-state index in [0.29, 0.717) is 0 Å². The van der Waals surface area contributed by atoms with Crippen molar-refractivity contribution < 1.29 is 4.74 Å². The maximum absolute atomic E-state index is 5.43. The van der Waals surface area contributed by atoms with Crippen molar-refractivity contribution in [3.8, 4) is 17.1 Å². The van der Waals surface area contributed by atoms with Crippen LogP contribution < -0.4 is 10.1 Å². The fourth-order valence-corrected chi connectivity index (χ4v) is 2.67. The number of aryl methyl sites for hydroxylation is 1. The van der Waals surface area contributed by atoms with Crippen molar-refractivity contribution in [2.24, 2.45) is 7.05 Å². The first kappa shape index (κ1) is 14.1. The average Bonchev–Trinajstić information content (AvgIpc) is 2.67. The highest BCUT2D eigenvalue weighted by atomic mass is 79.9. The van der Waals surface area contributed by atoms with Crippen LogP contribution in [-0.4, -0.2) is 23.7 Å². The van der Waals surface area contributed by atoms with E-state index in [2.05, 4.69) is 43.8 Å². The summed E-state index contributed by atoms with van der Waals surface area (Å²) in [5, 5.41) is 3.15. The standard InChI is InChI=1S/C14H18BrN3O/c1-9-5-6-12(19-4)10(7-9)14-17-13(15)11(8-16-2)18(14)3/h5-7,16H,8H2,1-4H3. The van der Waals surface area contributed by atoms with E-state index < -0.39 is 0 Å². The number of halogens is 1. The van der Waals surface area contributed by atoms with Gasteiger partial charge in [-0.3, -0.25) is 0 Å². The lowest BCUT2D eigenvalue weighted by molar-refractivity contribution is 0.416. The van der Waals surface area contributed by atoms with E-state index in [1.165, 1.54) is 5.56 Å². The van der Waals surface area contributed by atoms with Crippen LogP contribution in [0.25, 0.3) is 11.4 Å². The zero-order valence-electron chi connectivity index (χ0n) is 11.6. The molecule has 0 aliphatic carbocycles. The van der Waals surface area contributed by atoms with Gasteiger partial charge in [0.2, 0.25) is 0 Å². The molecule has 0 unspecified atom stereocenters. The van der Waals surface area contributed by atoms with Gasteiger partial charge in [-0.05, 0) is 42.0 Å². The number of hydrogen-bond donors (Lipinski definition) is 1. The van der Waals surface area contributed by atoms with Gasteiger partial charge in [-0.15, -0.1) is 0 Å². The number of aromatic nitrogens is 2. The van der Waals surface area contributed by atoms with Gasteiger partial charge < -0.3 is 14.6 Å². The molecular weight excluding hydrogens is 306 g/mol. The molecule has 0 bridgehead atoms. The topological polar surface area (TPSA) is 39.1 Å². The predicted molar refractivity (Wildman–Crippen MR) is 80.4 cm³/mol. The quantitative estimate of drug-likeness (QED) is 0.940. The van der Waals surface area contributed by atoms with Crippen molar-refractivity contribution in [2.45, 2.75) is 13.5 Å². The lowest BCUT2D eigenvalue weighted by Gasteiger charge is -2.10. The van der Waals surface area contributed by atoms with Crippen LogP contribution >= 0.6 is 15.9 Å². The largest absolute Gasteiger partial charge is 0.496 e. The number of rotatable bonds is 4. The molecule has 0 atom stereocenters. The number of hydrogen-bond acceptors (Lipinski definition) is 3. The van der Waals surface area contributed by atoms with Gasteiger partial charge in [0.1, 0.15) is 16.2 Å². The van der Waals surface area contributed by atoms with E-state index in [1.54, 1.807) is 7.11 Å². The Morgan fingerprint density at radius 1 is 1.42 bits per heavy atom. The van der Waals surface area contributed by atoms with E-state index in [4.69, 9.17) is 4.74 Å². The second-order valence-corrected chi connectivity index (χ2v) is 5.22. The number of nitrogens with zero attached hydrogens (tertiary/aromatic N) is 2. The normalized spacial score (nSPS) is 10.8. The summed E-state index contributed by atoms with van der Waals surface area (Å²) >= 11 is 3.52. The molecule has 5 heteroatoms. The molecule has 1 aromatic heterocycles. The summed E-state index contributed by atoms with van der Waals surface area (Å²) in [5.41, 5.74) is 3.30. The van der Waals surface area contributed by atoms with E-state index in [0.717, 1.165) is 34.0 Å². The molecule has 1 heterocycles. The third kappa shape index (κ3) is 2.67. The molecule has 2 rings (SSSR count). The van der Waals surface area contributed by atoms with E-state index in [-0.39, 0.29) is 0 Å². The Bertz CT molecular complexity index is 593. The Morgan fingerprint density at radius 3 is 2.79 bits per heavy atom. The summed E-state index contributed by atoms with van der Waals surface area (Å²) in [6, 6.07) is 6.11. The zero-order valence-corrected chi connectivity index (χ0v) is 13.2. The molecule has 0 aliphatic rings. The minimum Gasteiger partial charge on any atom is -0.496 e. The average molecular weight is 324 g/mol. The van der Waals surface area contributed by atoms with Crippen LogP contribution in [0.1, 0.15) is 11.3 Å². The highest BCUT2D eigenvalue weighted by Gasteiger charge is 2.16. The number of ether oxygens (including phenoxy) is 1. The number of imidazole rings is 1. The molecule has 0 aliphatic heterocycles. The summed E-state index contributed by atoms with van der Waals surface area (Å²) in [5.74, 6) is 1.74. The van der Waals surface area contributed by atoms with Crippen molar-refractivity contribution in [1.29, 1.82) is 0 Å². The highest BCUT2D eigenvalue weighted by molar-refractivity contribution is 9.10. The molecule has 0 radical (unpaired) electrons. The van der Waals surface area contributed by atoms with E-state index in [9.17, 15) is 0 Å². The molecule has 19 heavy (non-hydrogen) atoms. The molecule has 102 valence electrons. The third-order valence-electron chi connectivity index (χ3n) is 3.10. The Balaban J connectivity index is 2.59. The maximum atomic E-state index is 5.43. The van der Waals surface area contributed by atoms with Gasteiger partial charge in [0.15, 0.2) is 0 Å². The van der Waals surface area contributed by atoms with Crippen molar-refractivity contribution in [3.63, 3.8) is 0 Å². The minimum atomic E-state index is 0.762. The van der Waals surface area contributed by atoms with Crippen molar-refractivity contribution in [1.82, 2.24) is 14.9 Å². The monoisotopic (exact) mass is 323 g/mol. The lowest BCUT2D eigenvalue weighted by atomic mass is 10.1. The molecule has 2 aromatic rings. The molecule has 0 saturated heterocycles. The molecule has 0 fully saturated rings. The first-order valence-corrected chi connectivity index (χ1v) is 6.88. The minimum absolute atomic E-state index is 0.762. The second-order valence-electron chi connectivity index (χ2n) is 4.47. The van der Waals surface area contributed by atoms with E-state index >= 15 is 0 Å². The molecule has 4 nitrogen and oxygen atoms in total. The molecule has 0 spiro atoms. The molecule has 1 N–H and O–H groups in total. The van der Waals surface area contributed by atoms with Crippen molar-refractivity contribution >= 4 is 15.9 Å². The van der Waals surface area contributed by atoms with Crippen LogP contribution in [0, 0.1) is 6.92 Å². The van der Waals surface area contributed by atoms with Gasteiger partial charge in [-0.1, -0.05) is 11.6 Å². The molecule has 1 aromatic carbocycles. The molecule has 0 amide bonds. The van der Waals surface area contributed by atoms with Crippen molar-refractivity contribution in [3.05, 3.63) is 34.1 Å². The summed E-state index contributed by atoms with van der Waals surface area (Å²) in [6.07, 6.45) is 0. The van der Waals surface area contributed by atoms with Gasteiger partial charge in [-0.2, -0.15) is 0 Å². The SMILES string of the molecule is CNCc1c(Br)nc(-c2cc(C)ccc2OC)n1C.